The summed E-state index contributed by atoms with van der Waals surface area (Å²) in [6, 6.07) is 25.9. The first-order chi connectivity index (χ1) is 15.1. The summed E-state index contributed by atoms with van der Waals surface area (Å²) in [5, 5.41) is 18.8. The van der Waals surface area contributed by atoms with Crippen molar-refractivity contribution in [1.29, 1.82) is 0 Å². The van der Waals surface area contributed by atoms with Gasteiger partial charge >= 0.3 is 5.69 Å². The van der Waals surface area contributed by atoms with Crippen LogP contribution in [0.4, 0.5) is 23.0 Å². The Balaban J connectivity index is 1.74. The van der Waals surface area contributed by atoms with E-state index < -0.39 is 4.92 Å². The van der Waals surface area contributed by atoms with E-state index in [1.54, 1.807) is 24.3 Å². The lowest BCUT2D eigenvalue weighted by Crippen LogP contribution is -2.15. The van der Waals surface area contributed by atoms with Crippen LogP contribution >= 0.6 is 11.6 Å². The molecule has 31 heavy (non-hydrogen) atoms. The number of rotatable bonds is 7. The van der Waals surface area contributed by atoms with E-state index in [1.165, 1.54) is 6.33 Å². The lowest BCUT2D eigenvalue weighted by molar-refractivity contribution is -0.383. The molecule has 0 saturated carbocycles. The van der Waals surface area contributed by atoms with Gasteiger partial charge < -0.3 is 10.6 Å². The molecule has 0 aliphatic carbocycles. The highest BCUT2D eigenvalue weighted by atomic mass is 35.5. The number of hydrogen-bond donors (Lipinski definition) is 2. The maximum Gasteiger partial charge on any atom is 0.353 e. The molecule has 4 rings (SSSR count). The highest BCUT2D eigenvalue weighted by Crippen LogP contribution is 2.35. The minimum absolute atomic E-state index is 0.0877. The highest BCUT2D eigenvalue weighted by Gasteiger charge is 2.26. The van der Waals surface area contributed by atoms with Gasteiger partial charge in [0.15, 0.2) is 0 Å². The van der Waals surface area contributed by atoms with E-state index in [2.05, 4.69) is 20.6 Å². The molecular weight excluding hydrogens is 414 g/mol. The lowest BCUT2D eigenvalue weighted by atomic mass is 9.99. The number of nitrogens with one attached hydrogen (secondary N) is 2. The van der Waals surface area contributed by atoms with Crippen molar-refractivity contribution >= 4 is 34.6 Å². The molecule has 0 amide bonds. The summed E-state index contributed by atoms with van der Waals surface area (Å²) in [5.74, 6) is 0.207. The Kier molecular flexibility index (Phi) is 6.05. The summed E-state index contributed by atoms with van der Waals surface area (Å²) in [6.07, 6.45) is 1.29. The Bertz CT molecular complexity index is 1130. The summed E-state index contributed by atoms with van der Waals surface area (Å²) < 4.78 is 0. The minimum Gasteiger partial charge on any atom is -0.353 e. The third-order valence-electron chi connectivity index (χ3n) is 4.66. The number of nitrogens with zero attached hydrogens (tertiary/aromatic N) is 3. The Morgan fingerprint density at radius 2 is 1.35 bits per heavy atom. The molecule has 0 spiro atoms. The van der Waals surface area contributed by atoms with Gasteiger partial charge in [0.05, 0.1) is 11.0 Å². The van der Waals surface area contributed by atoms with Gasteiger partial charge in [-0.25, -0.2) is 9.97 Å². The second kappa shape index (κ2) is 9.23. The zero-order valence-corrected chi connectivity index (χ0v) is 17.0. The van der Waals surface area contributed by atoms with Crippen LogP contribution in [0.25, 0.3) is 0 Å². The standard InChI is InChI=1S/C23H18ClN5O2/c24-18-11-13-19(14-12-18)27-22-21(29(30)31)23(26-15-25-22)28-20(16-7-3-1-4-8-16)17-9-5-2-6-10-17/h1-15,20H,(H2,25,26,27,28). The van der Waals surface area contributed by atoms with Crippen LogP contribution in [-0.2, 0) is 0 Å². The van der Waals surface area contributed by atoms with Gasteiger partial charge in [0.1, 0.15) is 6.33 Å². The molecule has 1 aromatic heterocycles. The van der Waals surface area contributed by atoms with Gasteiger partial charge in [-0.15, -0.1) is 0 Å². The van der Waals surface area contributed by atoms with Gasteiger partial charge in [0.25, 0.3) is 0 Å². The summed E-state index contributed by atoms with van der Waals surface area (Å²) >= 11 is 5.92. The van der Waals surface area contributed by atoms with Crippen LogP contribution in [0.1, 0.15) is 17.2 Å². The van der Waals surface area contributed by atoms with Gasteiger partial charge in [-0.2, -0.15) is 0 Å². The molecule has 0 aliphatic heterocycles. The zero-order valence-electron chi connectivity index (χ0n) is 16.3. The number of anilines is 3. The first kappa shape index (κ1) is 20.3. The van der Waals surface area contributed by atoms with Crippen molar-refractivity contribution in [2.45, 2.75) is 6.04 Å². The monoisotopic (exact) mass is 431 g/mol. The lowest BCUT2D eigenvalue weighted by Gasteiger charge is -2.20. The van der Waals surface area contributed by atoms with Crippen molar-refractivity contribution in [3.8, 4) is 0 Å². The summed E-state index contributed by atoms with van der Waals surface area (Å²) in [6.45, 7) is 0. The largest absolute Gasteiger partial charge is 0.353 e. The van der Waals surface area contributed by atoms with Crippen molar-refractivity contribution in [3.63, 3.8) is 0 Å². The average molecular weight is 432 g/mol. The van der Waals surface area contributed by atoms with Crippen LogP contribution in [0, 0.1) is 10.1 Å². The van der Waals surface area contributed by atoms with Crippen LogP contribution in [0.3, 0.4) is 0 Å². The van der Waals surface area contributed by atoms with Crippen LogP contribution in [0.2, 0.25) is 5.02 Å². The molecule has 2 N–H and O–H groups in total. The maximum atomic E-state index is 12.0. The Hall–Kier alpha value is -3.97. The molecule has 8 heteroatoms. The van der Waals surface area contributed by atoms with Crippen molar-refractivity contribution in [2.75, 3.05) is 10.6 Å². The number of hydrogen-bond acceptors (Lipinski definition) is 6. The SMILES string of the molecule is O=[N+]([O-])c1c(Nc2ccc(Cl)cc2)ncnc1NC(c1ccccc1)c1ccccc1. The molecule has 0 unspecified atom stereocenters. The van der Waals surface area contributed by atoms with E-state index in [1.807, 2.05) is 60.7 Å². The maximum absolute atomic E-state index is 12.0. The fraction of sp³-hybridized carbons (Fsp3) is 0.0435. The molecule has 0 atom stereocenters. The summed E-state index contributed by atoms with van der Waals surface area (Å²) in [7, 11) is 0. The minimum atomic E-state index is -0.492. The first-order valence-electron chi connectivity index (χ1n) is 9.50. The van der Waals surface area contributed by atoms with Gasteiger partial charge in [-0.1, -0.05) is 72.3 Å². The number of aromatic nitrogens is 2. The number of halogens is 1. The predicted molar refractivity (Wildman–Crippen MR) is 122 cm³/mol. The number of benzene rings is 3. The van der Waals surface area contributed by atoms with E-state index in [0.717, 1.165) is 11.1 Å². The van der Waals surface area contributed by atoms with E-state index in [-0.39, 0.29) is 23.4 Å². The van der Waals surface area contributed by atoms with E-state index >= 15 is 0 Å². The smallest absolute Gasteiger partial charge is 0.353 e. The quantitative estimate of drug-likeness (QED) is 0.276. The van der Waals surface area contributed by atoms with Crippen molar-refractivity contribution < 1.29 is 4.92 Å². The fourth-order valence-electron chi connectivity index (χ4n) is 3.21. The van der Waals surface area contributed by atoms with Gasteiger partial charge in [0, 0.05) is 10.7 Å². The third-order valence-corrected chi connectivity index (χ3v) is 4.91. The molecule has 0 radical (unpaired) electrons. The summed E-state index contributed by atoms with van der Waals surface area (Å²) in [4.78, 5) is 19.7. The molecule has 0 aliphatic rings. The molecule has 154 valence electrons. The topological polar surface area (TPSA) is 93.0 Å². The second-order valence-electron chi connectivity index (χ2n) is 6.71. The van der Waals surface area contributed by atoms with E-state index in [9.17, 15) is 10.1 Å². The van der Waals surface area contributed by atoms with Crippen molar-refractivity contribution in [2.24, 2.45) is 0 Å². The van der Waals surface area contributed by atoms with Crippen LogP contribution < -0.4 is 10.6 Å². The highest BCUT2D eigenvalue weighted by molar-refractivity contribution is 6.30. The predicted octanol–water partition coefficient (Wildman–Crippen LogP) is 5.98. The second-order valence-corrected chi connectivity index (χ2v) is 7.14. The van der Waals surface area contributed by atoms with Crippen LogP contribution in [0.15, 0.2) is 91.3 Å². The number of nitro groups is 1. The van der Waals surface area contributed by atoms with Crippen molar-refractivity contribution in [1.82, 2.24) is 9.97 Å². The Morgan fingerprint density at radius 3 is 1.90 bits per heavy atom. The van der Waals surface area contributed by atoms with Gasteiger partial charge in [-0.3, -0.25) is 10.1 Å². The molecule has 0 bridgehead atoms. The Morgan fingerprint density at radius 1 is 0.806 bits per heavy atom. The molecule has 1 heterocycles. The van der Waals surface area contributed by atoms with Gasteiger partial charge in [-0.05, 0) is 35.4 Å². The van der Waals surface area contributed by atoms with Crippen LogP contribution in [0.5, 0.6) is 0 Å². The first-order valence-corrected chi connectivity index (χ1v) is 9.88. The van der Waals surface area contributed by atoms with Crippen molar-refractivity contribution in [3.05, 3.63) is 118 Å². The fourth-order valence-corrected chi connectivity index (χ4v) is 3.33. The normalized spacial score (nSPS) is 10.6. The molecule has 0 saturated heterocycles. The molecule has 4 aromatic rings. The Labute approximate surface area is 183 Å². The van der Waals surface area contributed by atoms with Crippen LogP contribution in [-0.4, -0.2) is 14.9 Å². The molecule has 0 fully saturated rings. The van der Waals surface area contributed by atoms with Gasteiger partial charge in [0.2, 0.25) is 11.6 Å². The van der Waals surface area contributed by atoms with E-state index in [0.29, 0.717) is 10.7 Å². The molecule has 3 aromatic carbocycles. The third kappa shape index (κ3) is 4.79. The van der Waals surface area contributed by atoms with E-state index in [4.69, 9.17) is 11.6 Å². The molecule has 7 nitrogen and oxygen atoms in total. The summed E-state index contributed by atoms with van der Waals surface area (Å²) in [5.41, 5.74) is 2.29. The molecular formula is C23H18ClN5O2. The zero-order chi connectivity index (χ0) is 21.6. The average Bonchev–Trinajstić information content (AvgIpc) is 2.80.